The van der Waals surface area contributed by atoms with Gasteiger partial charge in [-0.2, -0.15) is 0 Å². The van der Waals surface area contributed by atoms with Gasteiger partial charge in [-0.25, -0.2) is 0 Å². The fourth-order valence-electron chi connectivity index (χ4n) is 3.09. The molecule has 0 aliphatic carbocycles. The van der Waals surface area contributed by atoms with Crippen LogP contribution in [0.15, 0.2) is 72.8 Å². The molecule has 0 amide bonds. The van der Waals surface area contributed by atoms with Crippen LogP contribution in [0.2, 0.25) is 0 Å². The van der Waals surface area contributed by atoms with Crippen LogP contribution in [-0.4, -0.2) is 34.7 Å². The summed E-state index contributed by atoms with van der Waals surface area (Å²) in [4.78, 5) is 0. The standard InChI is InChI=1S/C24H26NO6P/c1-17(25-15-24(28)19-9-12-22(26)23(27)14-19)13-18-7-10-20(11-8-18)30-16-31-32(29)21-5-3-2-4-6-21/h2-12,14,17,24-25,28H,13,15-16H2,1H3,(H-,26,27)/p+1. The molecule has 3 rings (SSSR count). The largest absolute Gasteiger partial charge is 0.552 e. The van der Waals surface area contributed by atoms with Gasteiger partial charge in [-0.05, 0) is 65.4 Å². The van der Waals surface area contributed by atoms with E-state index in [4.69, 9.17) is 9.26 Å². The number of benzene rings is 3. The van der Waals surface area contributed by atoms with E-state index < -0.39 is 14.1 Å². The molecule has 0 aliphatic rings. The van der Waals surface area contributed by atoms with E-state index >= 15 is 0 Å². The minimum absolute atomic E-state index is 0.0976. The highest BCUT2D eigenvalue weighted by atomic mass is 31.1. The van der Waals surface area contributed by atoms with Crippen LogP contribution in [0.3, 0.4) is 0 Å². The van der Waals surface area contributed by atoms with Crippen molar-refractivity contribution in [3.63, 3.8) is 0 Å². The summed E-state index contributed by atoms with van der Waals surface area (Å²) in [5, 5.41) is 33.1. The summed E-state index contributed by atoms with van der Waals surface area (Å²) >= 11 is 0. The van der Waals surface area contributed by atoms with Crippen molar-refractivity contribution in [1.29, 1.82) is 0 Å². The second kappa shape index (κ2) is 11.6. The van der Waals surface area contributed by atoms with Gasteiger partial charge in [-0.1, -0.05) is 36.4 Å². The van der Waals surface area contributed by atoms with Gasteiger partial charge in [0.1, 0.15) is 5.75 Å². The van der Waals surface area contributed by atoms with E-state index in [1.54, 1.807) is 30.3 Å². The Bertz CT molecular complexity index is 1010. The molecule has 3 aromatic carbocycles. The number of phenols is 2. The molecule has 0 radical (unpaired) electrons. The molecule has 0 aromatic heterocycles. The summed E-state index contributed by atoms with van der Waals surface area (Å²) in [5.41, 5.74) is 1.61. The van der Waals surface area contributed by atoms with Crippen LogP contribution in [-0.2, 0) is 15.5 Å². The number of hydrogen-bond donors (Lipinski definition) is 4. The van der Waals surface area contributed by atoms with E-state index in [0.717, 1.165) is 12.0 Å². The third kappa shape index (κ3) is 7.04. The van der Waals surface area contributed by atoms with Gasteiger partial charge in [0.05, 0.1) is 6.10 Å². The third-order valence-electron chi connectivity index (χ3n) is 4.87. The Morgan fingerprint density at radius 1 is 0.969 bits per heavy atom. The molecule has 7 nitrogen and oxygen atoms in total. The summed E-state index contributed by atoms with van der Waals surface area (Å²) in [6, 6.07) is 20.9. The summed E-state index contributed by atoms with van der Waals surface area (Å²) in [7, 11) is -1.95. The van der Waals surface area contributed by atoms with Crippen LogP contribution in [0.25, 0.3) is 0 Å². The smallest absolute Gasteiger partial charge is 0.504 e. The predicted molar refractivity (Wildman–Crippen MR) is 123 cm³/mol. The lowest BCUT2D eigenvalue weighted by atomic mass is 10.1. The topological polar surface area (TPSA) is 108 Å². The Morgan fingerprint density at radius 2 is 1.69 bits per heavy atom. The van der Waals surface area contributed by atoms with Crippen molar-refractivity contribution in [3.05, 3.63) is 83.9 Å². The van der Waals surface area contributed by atoms with E-state index in [1.165, 1.54) is 12.1 Å². The molecule has 3 atom stereocenters. The van der Waals surface area contributed by atoms with Gasteiger partial charge in [0.2, 0.25) is 12.1 Å². The van der Waals surface area contributed by atoms with Gasteiger partial charge in [-0.3, -0.25) is 0 Å². The van der Waals surface area contributed by atoms with Gasteiger partial charge in [0.15, 0.2) is 11.5 Å². The molecule has 0 saturated carbocycles. The number of aliphatic hydroxyl groups excluding tert-OH is 1. The highest BCUT2D eigenvalue weighted by Crippen LogP contribution is 2.27. The van der Waals surface area contributed by atoms with E-state index in [1.807, 2.05) is 37.3 Å². The second-order valence-corrected chi connectivity index (χ2v) is 8.69. The molecule has 0 fully saturated rings. The Kier molecular flexibility index (Phi) is 8.59. The zero-order valence-corrected chi connectivity index (χ0v) is 18.6. The average molecular weight is 456 g/mol. The Hall–Kier alpha value is -2.96. The monoisotopic (exact) mass is 456 g/mol. The van der Waals surface area contributed by atoms with Crippen LogP contribution in [0.5, 0.6) is 17.2 Å². The second-order valence-electron chi connectivity index (χ2n) is 7.41. The molecule has 0 aliphatic heterocycles. The summed E-state index contributed by atoms with van der Waals surface area (Å²) in [5.74, 6) is 0.147. The highest BCUT2D eigenvalue weighted by Gasteiger charge is 2.21. The summed E-state index contributed by atoms with van der Waals surface area (Å²) in [6.07, 6.45) is -0.0633. The number of rotatable bonds is 11. The molecule has 32 heavy (non-hydrogen) atoms. The number of nitrogens with one attached hydrogen (secondary N) is 1. The lowest BCUT2D eigenvalue weighted by molar-refractivity contribution is 0.130. The molecule has 0 spiro atoms. The van der Waals surface area contributed by atoms with Crippen molar-refractivity contribution in [2.24, 2.45) is 0 Å². The maximum Gasteiger partial charge on any atom is 0.552 e. The van der Waals surface area contributed by atoms with Crippen LogP contribution >= 0.6 is 8.03 Å². The maximum atomic E-state index is 12.0. The first-order valence-electron chi connectivity index (χ1n) is 10.2. The van der Waals surface area contributed by atoms with Crippen molar-refractivity contribution >= 4 is 13.3 Å². The van der Waals surface area contributed by atoms with Crippen LogP contribution < -0.4 is 15.4 Å². The third-order valence-corrected chi connectivity index (χ3v) is 5.93. The molecule has 0 bridgehead atoms. The number of phenolic OH excluding ortho intramolecular Hbond substituents is 2. The Labute approximate surface area is 188 Å². The van der Waals surface area contributed by atoms with Crippen LogP contribution in [0.1, 0.15) is 24.2 Å². The first kappa shape index (κ1) is 23.7. The molecule has 3 unspecified atom stereocenters. The quantitative estimate of drug-likeness (QED) is 0.198. The van der Waals surface area contributed by atoms with Crippen LogP contribution in [0.4, 0.5) is 0 Å². The van der Waals surface area contributed by atoms with Gasteiger partial charge in [0, 0.05) is 12.6 Å². The van der Waals surface area contributed by atoms with E-state index in [9.17, 15) is 19.9 Å². The SMILES string of the molecule is CC(Cc1ccc(OCO[P+](=O)c2ccccc2)cc1)NCC(O)c1ccc(O)c(O)c1. The highest BCUT2D eigenvalue weighted by molar-refractivity contribution is 7.48. The Balaban J connectivity index is 1.40. The summed E-state index contributed by atoms with van der Waals surface area (Å²) in [6.45, 7) is 2.22. The molecule has 3 aromatic rings. The van der Waals surface area contributed by atoms with E-state index in [2.05, 4.69) is 5.32 Å². The van der Waals surface area contributed by atoms with Gasteiger partial charge in [0.25, 0.3) is 0 Å². The first-order valence-corrected chi connectivity index (χ1v) is 11.4. The van der Waals surface area contributed by atoms with Crippen molar-refractivity contribution in [3.8, 4) is 17.2 Å². The zero-order valence-electron chi connectivity index (χ0n) is 17.7. The molecule has 4 N–H and O–H groups in total. The number of ether oxygens (including phenoxy) is 1. The predicted octanol–water partition coefficient (Wildman–Crippen LogP) is 3.77. The first-order chi connectivity index (χ1) is 15.4. The molecular formula is C24H27NO6P+. The molecule has 8 heteroatoms. The van der Waals surface area contributed by atoms with E-state index in [-0.39, 0.29) is 24.3 Å². The van der Waals surface area contributed by atoms with Crippen molar-refractivity contribution < 1.29 is 29.1 Å². The van der Waals surface area contributed by atoms with Crippen LogP contribution in [0, 0.1) is 0 Å². The van der Waals surface area contributed by atoms with Crippen molar-refractivity contribution in [1.82, 2.24) is 5.32 Å². The fourth-order valence-corrected chi connectivity index (χ4v) is 3.81. The maximum absolute atomic E-state index is 12.0. The van der Waals surface area contributed by atoms with Gasteiger partial charge in [-0.15, -0.1) is 4.52 Å². The lowest BCUT2D eigenvalue weighted by Gasteiger charge is -2.18. The number of hydrogen-bond acceptors (Lipinski definition) is 7. The van der Waals surface area contributed by atoms with Crippen molar-refractivity contribution in [2.45, 2.75) is 25.5 Å². The average Bonchev–Trinajstić information content (AvgIpc) is 2.81. The molecule has 168 valence electrons. The Morgan fingerprint density at radius 3 is 2.38 bits per heavy atom. The zero-order chi connectivity index (χ0) is 22.9. The number of aliphatic hydroxyl groups is 1. The van der Waals surface area contributed by atoms with Crippen molar-refractivity contribution in [2.75, 3.05) is 13.3 Å². The summed E-state index contributed by atoms with van der Waals surface area (Å²) < 4.78 is 22.8. The fraction of sp³-hybridized carbons (Fsp3) is 0.250. The minimum Gasteiger partial charge on any atom is -0.504 e. The van der Waals surface area contributed by atoms with Gasteiger partial charge >= 0.3 is 8.03 Å². The number of aromatic hydroxyl groups is 2. The molecule has 0 saturated heterocycles. The molecular weight excluding hydrogens is 429 g/mol. The minimum atomic E-state index is -1.95. The molecule has 0 heterocycles. The normalized spacial score (nSPS) is 13.4. The van der Waals surface area contributed by atoms with Gasteiger partial charge < -0.3 is 25.4 Å². The lowest BCUT2D eigenvalue weighted by Crippen LogP contribution is -2.32. The van der Waals surface area contributed by atoms with E-state index in [0.29, 0.717) is 23.2 Å².